The SMILES string of the molecule is CCCCC/C=C\C/C=C\CCCCCCCCCC(=O)O[C@H](COC(=O)CCCCCCCCCCCCCCCC)COC(=O)CCCCCCCCCCCCCCCCCCCC. The lowest BCUT2D eigenvalue weighted by atomic mass is 10.0. The first-order valence-electron chi connectivity index (χ1n) is 29.8. The van der Waals surface area contributed by atoms with Crippen LogP contribution < -0.4 is 0 Å². The van der Waals surface area contributed by atoms with E-state index < -0.39 is 6.10 Å². The van der Waals surface area contributed by atoms with E-state index in [9.17, 15) is 14.4 Å². The van der Waals surface area contributed by atoms with Crippen LogP contribution >= 0.6 is 0 Å². The Morgan fingerprint density at radius 2 is 0.537 bits per heavy atom. The summed E-state index contributed by atoms with van der Waals surface area (Å²) in [7, 11) is 0. The molecule has 6 heteroatoms. The fourth-order valence-electron chi connectivity index (χ4n) is 8.95. The van der Waals surface area contributed by atoms with Crippen molar-refractivity contribution in [1.29, 1.82) is 0 Å². The van der Waals surface area contributed by atoms with Gasteiger partial charge in [0.25, 0.3) is 0 Å². The van der Waals surface area contributed by atoms with Crippen molar-refractivity contribution in [3.8, 4) is 0 Å². The minimum Gasteiger partial charge on any atom is -0.462 e. The standard InChI is InChI=1S/C61H114O6/c1-4-7-10-13-16-19-22-25-28-30-32-33-36-39-42-45-48-51-54-60(63)66-57-58(56-65-59(62)53-50-47-44-41-38-35-27-24-21-18-15-12-9-6-3)67-61(64)55-52-49-46-43-40-37-34-31-29-26-23-20-17-14-11-8-5-2/h17,20,26,29,58H,4-16,18-19,21-25,27-28,30-57H2,1-3H3/b20-17-,29-26-/t58-/m1/s1. The molecule has 394 valence electrons. The quantitative estimate of drug-likeness (QED) is 0.0262. The van der Waals surface area contributed by atoms with E-state index in [1.165, 1.54) is 218 Å². The Labute approximate surface area is 417 Å². The summed E-state index contributed by atoms with van der Waals surface area (Å²) in [5.74, 6) is -0.853. The van der Waals surface area contributed by atoms with Gasteiger partial charge in [0, 0.05) is 19.3 Å². The predicted molar refractivity (Wildman–Crippen MR) is 289 cm³/mol. The van der Waals surface area contributed by atoms with Crippen molar-refractivity contribution in [1.82, 2.24) is 0 Å². The van der Waals surface area contributed by atoms with Crippen LogP contribution in [0.5, 0.6) is 0 Å². The lowest BCUT2D eigenvalue weighted by Crippen LogP contribution is -2.30. The van der Waals surface area contributed by atoms with Gasteiger partial charge in [-0.25, -0.2) is 0 Å². The van der Waals surface area contributed by atoms with Gasteiger partial charge in [0.15, 0.2) is 6.10 Å². The molecule has 0 radical (unpaired) electrons. The summed E-state index contributed by atoms with van der Waals surface area (Å²) in [5.41, 5.74) is 0. The number of carbonyl (C=O) groups excluding carboxylic acids is 3. The Bertz CT molecular complexity index is 1080. The zero-order valence-electron chi connectivity index (χ0n) is 45.2. The summed E-state index contributed by atoms with van der Waals surface area (Å²) in [6.45, 7) is 6.67. The fourth-order valence-corrected chi connectivity index (χ4v) is 8.95. The molecule has 0 aromatic carbocycles. The van der Waals surface area contributed by atoms with Crippen molar-refractivity contribution in [2.75, 3.05) is 13.2 Å². The maximum atomic E-state index is 12.9. The Morgan fingerprint density at radius 1 is 0.299 bits per heavy atom. The number of hydrogen-bond acceptors (Lipinski definition) is 6. The normalized spacial score (nSPS) is 12.1. The molecule has 0 saturated carbocycles. The van der Waals surface area contributed by atoms with Gasteiger partial charge in [-0.1, -0.05) is 283 Å². The first-order valence-corrected chi connectivity index (χ1v) is 29.8. The molecule has 0 aliphatic heterocycles. The number of allylic oxidation sites excluding steroid dienone is 4. The Hall–Kier alpha value is -2.11. The third-order valence-corrected chi connectivity index (χ3v) is 13.5. The van der Waals surface area contributed by atoms with Crippen LogP contribution in [0.25, 0.3) is 0 Å². The van der Waals surface area contributed by atoms with Crippen LogP contribution in [0.4, 0.5) is 0 Å². The van der Waals surface area contributed by atoms with E-state index in [-0.39, 0.29) is 31.1 Å². The second kappa shape index (κ2) is 56.5. The van der Waals surface area contributed by atoms with Crippen molar-refractivity contribution in [3.05, 3.63) is 24.3 Å². The van der Waals surface area contributed by atoms with E-state index in [2.05, 4.69) is 45.1 Å². The van der Waals surface area contributed by atoms with Gasteiger partial charge in [0.05, 0.1) is 0 Å². The van der Waals surface area contributed by atoms with Crippen molar-refractivity contribution < 1.29 is 28.6 Å². The molecule has 0 aromatic rings. The highest BCUT2D eigenvalue weighted by Crippen LogP contribution is 2.17. The van der Waals surface area contributed by atoms with Crippen LogP contribution in [0.3, 0.4) is 0 Å². The van der Waals surface area contributed by atoms with E-state index in [0.717, 1.165) is 70.6 Å². The number of hydrogen-bond donors (Lipinski definition) is 0. The van der Waals surface area contributed by atoms with Gasteiger partial charge in [-0.2, -0.15) is 0 Å². The molecule has 0 N–H and O–H groups in total. The maximum Gasteiger partial charge on any atom is 0.306 e. The third-order valence-electron chi connectivity index (χ3n) is 13.5. The Kier molecular flexibility index (Phi) is 54.7. The molecule has 0 amide bonds. The largest absolute Gasteiger partial charge is 0.462 e. The van der Waals surface area contributed by atoms with Crippen LogP contribution in [0.2, 0.25) is 0 Å². The second-order valence-corrected chi connectivity index (χ2v) is 20.3. The average molecular weight is 944 g/mol. The summed E-state index contributed by atoms with van der Waals surface area (Å²) >= 11 is 0. The molecule has 0 fully saturated rings. The molecule has 0 aliphatic rings. The molecule has 67 heavy (non-hydrogen) atoms. The molecular formula is C61H114O6. The van der Waals surface area contributed by atoms with Gasteiger partial charge >= 0.3 is 17.9 Å². The monoisotopic (exact) mass is 943 g/mol. The molecule has 1 atom stereocenters. The summed E-state index contributed by atoms with van der Waals surface area (Å²) in [6, 6.07) is 0. The van der Waals surface area contributed by atoms with Gasteiger partial charge in [-0.3, -0.25) is 14.4 Å². The van der Waals surface area contributed by atoms with Gasteiger partial charge in [-0.15, -0.1) is 0 Å². The minimum atomic E-state index is -0.770. The topological polar surface area (TPSA) is 78.9 Å². The molecule has 0 aliphatic carbocycles. The Balaban J connectivity index is 4.32. The molecule has 0 rings (SSSR count). The van der Waals surface area contributed by atoms with E-state index in [1.54, 1.807) is 0 Å². The molecule has 0 unspecified atom stereocenters. The average Bonchev–Trinajstić information content (AvgIpc) is 3.33. The van der Waals surface area contributed by atoms with Crippen LogP contribution in [0.1, 0.15) is 329 Å². The Morgan fingerprint density at radius 3 is 0.851 bits per heavy atom. The smallest absolute Gasteiger partial charge is 0.306 e. The summed E-state index contributed by atoms with van der Waals surface area (Å²) in [5, 5.41) is 0. The number of rotatable bonds is 55. The number of esters is 3. The molecule has 0 aromatic heterocycles. The first kappa shape index (κ1) is 64.9. The number of unbranched alkanes of at least 4 members (excludes halogenated alkanes) is 40. The zero-order valence-corrected chi connectivity index (χ0v) is 45.2. The van der Waals surface area contributed by atoms with E-state index in [1.807, 2.05) is 0 Å². The number of carbonyl (C=O) groups is 3. The van der Waals surface area contributed by atoms with Gasteiger partial charge in [0.1, 0.15) is 13.2 Å². The van der Waals surface area contributed by atoms with E-state index in [0.29, 0.717) is 19.3 Å². The van der Waals surface area contributed by atoms with E-state index >= 15 is 0 Å². The highest BCUT2D eigenvalue weighted by molar-refractivity contribution is 5.71. The van der Waals surface area contributed by atoms with Crippen LogP contribution in [0.15, 0.2) is 24.3 Å². The highest BCUT2D eigenvalue weighted by atomic mass is 16.6. The third kappa shape index (κ3) is 54.7. The summed E-state index contributed by atoms with van der Waals surface area (Å²) < 4.78 is 16.9. The minimum absolute atomic E-state index is 0.0688. The zero-order chi connectivity index (χ0) is 48.6. The molecule has 0 heterocycles. The van der Waals surface area contributed by atoms with Crippen molar-refractivity contribution >= 4 is 17.9 Å². The molecule has 0 spiro atoms. The van der Waals surface area contributed by atoms with Crippen molar-refractivity contribution in [2.45, 2.75) is 335 Å². The first-order chi connectivity index (χ1) is 33.0. The van der Waals surface area contributed by atoms with Crippen molar-refractivity contribution in [3.63, 3.8) is 0 Å². The number of ether oxygens (including phenoxy) is 3. The molecule has 6 nitrogen and oxygen atoms in total. The van der Waals surface area contributed by atoms with E-state index in [4.69, 9.17) is 14.2 Å². The molecule has 0 saturated heterocycles. The molecular weight excluding hydrogens is 829 g/mol. The predicted octanol–water partition coefficient (Wildman–Crippen LogP) is 19.9. The molecule has 0 bridgehead atoms. The van der Waals surface area contributed by atoms with Gasteiger partial charge in [0.2, 0.25) is 0 Å². The lowest BCUT2D eigenvalue weighted by molar-refractivity contribution is -0.167. The fraction of sp³-hybridized carbons (Fsp3) is 0.885. The van der Waals surface area contributed by atoms with Crippen molar-refractivity contribution in [2.24, 2.45) is 0 Å². The van der Waals surface area contributed by atoms with Crippen LogP contribution in [-0.2, 0) is 28.6 Å². The second-order valence-electron chi connectivity index (χ2n) is 20.3. The van der Waals surface area contributed by atoms with Crippen LogP contribution in [0, 0.1) is 0 Å². The highest BCUT2D eigenvalue weighted by Gasteiger charge is 2.19. The van der Waals surface area contributed by atoms with Crippen LogP contribution in [-0.4, -0.2) is 37.2 Å². The summed E-state index contributed by atoms with van der Waals surface area (Å²) in [4.78, 5) is 38.2. The lowest BCUT2D eigenvalue weighted by Gasteiger charge is -2.18. The van der Waals surface area contributed by atoms with Gasteiger partial charge in [-0.05, 0) is 51.4 Å². The maximum absolute atomic E-state index is 12.9. The van der Waals surface area contributed by atoms with Gasteiger partial charge < -0.3 is 14.2 Å². The summed E-state index contributed by atoms with van der Waals surface area (Å²) in [6.07, 6.45) is 65.9.